The van der Waals surface area contributed by atoms with Crippen molar-refractivity contribution in [3.05, 3.63) is 46.1 Å². The number of nitrogens with zero attached hydrogens (tertiary/aromatic N) is 3. The maximum atomic E-state index is 9.21. The molecule has 1 aromatic heterocycles. The third kappa shape index (κ3) is 4.33. The maximum Gasteiger partial charge on any atom is 0.208 e. The van der Waals surface area contributed by atoms with Crippen LogP contribution in [-0.2, 0) is 6.54 Å². The van der Waals surface area contributed by atoms with Gasteiger partial charge in [-0.05, 0) is 57.8 Å². The molecule has 1 aliphatic rings. The summed E-state index contributed by atoms with van der Waals surface area (Å²) in [6.07, 6.45) is 2.22. The van der Waals surface area contributed by atoms with E-state index in [2.05, 4.69) is 21.3 Å². The smallest absolute Gasteiger partial charge is 0.208 e. The molecule has 25 heavy (non-hydrogen) atoms. The highest BCUT2D eigenvalue weighted by atomic mass is 35.5. The number of aromatic nitrogens is 1. The molecule has 1 fully saturated rings. The molecule has 0 spiro atoms. The number of hydrogen-bond donors (Lipinski definition) is 1. The van der Waals surface area contributed by atoms with Gasteiger partial charge in [0, 0.05) is 6.54 Å². The Morgan fingerprint density at radius 3 is 2.76 bits per heavy atom. The summed E-state index contributed by atoms with van der Waals surface area (Å²) in [5, 5.41) is 13.2. The summed E-state index contributed by atoms with van der Waals surface area (Å²) in [6.45, 7) is 7.60. The predicted molar refractivity (Wildman–Crippen MR) is 98.6 cm³/mol. The zero-order valence-corrected chi connectivity index (χ0v) is 15.4. The second kappa shape index (κ2) is 7.90. The lowest BCUT2D eigenvalue weighted by Gasteiger charge is -2.31. The Balaban J connectivity index is 1.49. The summed E-state index contributed by atoms with van der Waals surface area (Å²) < 4.78 is 5.68. The largest absolute Gasteiger partial charge is 0.444 e. The van der Waals surface area contributed by atoms with E-state index in [-0.39, 0.29) is 0 Å². The van der Waals surface area contributed by atoms with Gasteiger partial charge in [0.05, 0.1) is 28.5 Å². The third-order valence-electron chi connectivity index (χ3n) is 4.84. The molecule has 0 radical (unpaired) electrons. The number of aryl methyl sites for hydroxylation is 2. The molecule has 5 nitrogen and oxygen atoms in total. The Morgan fingerprint density at radius 2 is 2.12 bits per heavy atom. The lowest BCUT2D eigenvalue weighted by Crippen LogP contribution is -2.35. The van der Waals surface area contributed by atoms with Crippen molar-refractivity contribution in [1.29, 1.82) is 5.26 Å². The molecular weight excluding hydrogens is 336 g/mol. The van der Waals surface area contributed by atoms with Crippen LogP contribution in [0, 0.1) is 31.1 Å². The standard InChI is InChI=1S/C19H23ClN4O/c1-13-14(2)25-18(23-13)12-24-8-6-15(7-9-24)11-22-19-16(10-21)4-3-5-17(19)20/h3-5,15,22H,6-9,11-12H2,1-2H3. The van der Waals surface area contributed by atoms with Crippen LogP contribution in [0.1, 0.15) is 35.7 Å². The van der Waals surface area contributed by atoms with E-state index >= 15 is 0 Å². The van der Waals surface area contributed by atoms with Gasteiger partial charge in [0.2, 0.25) is 5.89 Å². The van der Waals surface area contributed by atoms with E-state index in [9.17, 15) is 5.26 Å². The van der Waals surface area contributed by atoms with Crippen molar-refractivity contribution < 1.29 is 4.42 Å². The molecule has 0 atom stereocenters. The van der Waals surface area contributed by atoms with Crippen molar-refractivity contribution in [3.63, 3.8) is 0 Å². The number of oxazole rings is 1. The molecule has 0 amide bonds. The Labute approximate surface area is 153 Å². The quantitative estimate of drug-likeness (QED) is 0.870. The van der Waals surface area contributed by atoms with Crippen molar-refractivity contribution in [1.82, 2.24) is 9.88 Å². The molecule has 1 saturated heterocycles. The lowest BCUT2D eigenvalue weighted by molar-refractivity contribution is 0.167. The number of halogens is 1. The van der Waals surface area contributed by atoms with Gasteiger partial charge in [0.25, 0.3) is 0 Å². The van der Waals surface area contributed by atoms with Crippen LogP contribution in [0.3, 0.4) is 0 Å². The molecule has 0 unspecified atom stereocenters. The molecule has 6 heteroatoms. The topological polar surface area (TPSA) is 65.1 Å². The van der Waals surface area contributed by atoms with Crippen LogP contribution < -0.4 is 5.32 Å². The van der Waals surface area contributed by atoms with Gasteiger partial charge in [0.1, 0.15) is 11.8 Å². The second-order valence-corrected chi connectivity index (χ2v) is 7.03. The number of likely N-dealkylation sites (tertiary alicyclic amines) is 1. The van der Waals surface area contributed by atoms with Crippen LogP contribution in [-0.4, -0.2) is 29.5 Å². The maximum absolute atomic E-state index is 9.21. The molecule has 1 aromatic carbocycles. The Kier molecular flexibility index (Phi) is 5.62. The molecule has 2 heterocycles. The zero-order chi connectivity index (χ0) is 17.8. The minimum absolute atomic E-state index is 0.576. The first kappa shape index (κ1) is 17.8. The number of nitriles is 1. The number of piperidine rings is 1. The Bertz CT molecular complexity index is 753. The van der Waals surface area contributed by atoms with Gasteiger partial charge in [-0.2, -0.15) is 5.26 Å². The van der Waals surface area contributed by atoms with Crippen LogP contribution in [0.4, 0.5) is 5.69 Å². The van der Waals surface area contributed by atoms with Gasteiger partial charge in [-0.25, -0.2) is 4.98 Å². The van der Waals surface area contributed by atoms with E-state index in [0.717, 1.165) is 62.1 Å². The van der Waals surface area contributed by atoms with Crippen LogP contribution in [0.25, 0.3) is 0 Å². The minimum atomic E-state index is 0.576. The Hall–Kier alpha value is -2.03. The van der Waals surface area contributed by atoms with Gasteiger partial charge < -0.3 is 9.73 Å². The van der Waals surface area contributed by atoms with E-state index in [1.54, 1.807) is 12.1 Å². The highest BCUT2D eigenvalue weighted by molar-refractivity contribution is 6.33. The van der Waals surface area contributed by atoms with Crippen molar-refractivity contribution in [3.8, 4) is 6.07 Å². The molecule has 0 aliphatic carbocycles. The number of benzene rings is 1. The number of rotatable bonds is 5. The monoisotopic (exact) mass is 358 g/mol. The fourth-order valence-corrected chi connectivity index (χ4v) is 3.43. The van der Waals surface area contributed by atoms with Gasteiger partial charge in [-0.15, -0.1) is 0 Å². The van der Waals surface area contributed by atoms with Crippen LogP contribution in [0.2, 0.25) is 5.02 Å². The summed E-state index contributed by atoms with van der Waals surface area (Å²) in [4.78, 5) is 6.85. The number of hydrogen-bond acceptors (Lipinski definition) is 5. The summed E-state index contributed by atoms with van der Waals surface area (Å²) in [5.41, 5.74) is 2.32. The molecule has 0 saturated carbocycles. The van der Waals surface area contributed by atoms with Crippen molar-refractivity contribution >= 4 is 17.3 Å². The molecular formula is C19H23ClN4O. The average Bonchev–Trinajstić information content (AvgIpc) is 2.92. The number of anilines is 1. The summed E-state index contributed by atoms with van der Waals surface area (Å²) in [5.74, 6) is 2.29. The fourth-order valence-electron chi connectivity index (χ4n) is 3.19. The van der Waals surface area contributed by atoms with Crippen LogP contribution in [0.15, 0.2) is 22.6 Å². The van der Waals surface area contributed by atoms with Gasteiger partial charge >= 0.3 is 0 Å². The van der Waals surface area contributed by atoms with Gasteiger partial charge in [0.15, 0.2) is 0 Å². The number of para-hydroxylation sites is 1. The molecule has 1 N–H and O–H groups in total. The molecule has 3 rings (SSSR count). The van der Waals surface area contributed by atoms with E-state index in [1.807, 2.05) is 19.9 Å². The molecule has 132 valence electrons. The lowest BCUT2D eigenvalue weighted by atomic mass is 9.96. The first-order chi connectivity index (χ1) is 12.1. The fraction of sp³-hybridized carbons (Fsp3) is 0.474. The van der Waals surface area contributed by atoms with Crippen LogP contribution in [0.5, 0.6) is 0 Å². The predicted octanol–water partition coefficient (Wildman–Crippen LogP) is 4.14. The highest BCUT2D eigenvalue weighted by Crippen LogP contribution is 2.27. The van der Waals surface area contributed by atoms with Crippen molar-refractivity contribution in [2.45, 2.75) is 33.2 Å². The van der Waals surface area contributed by atoms with E-state index in [4.69, 9.17) is 16.0 Å². The number of nitrogens with one attached hydrogen (secondary N) is 1. The van der Waals surface area contributed by atoms with Crippen LogP contribution >= 0.6 is 11.6 Å². The molecule has 0 bridgehead atoms. The molecule has 2 aromatic rings. The average molecular weight is 359 g/mol. The van der Waals surface area contributed by atoms with Gasteiger partial charge in [-0.3, -0.25) is 4.90 Å². The summed E-state index contributed by atoms with van der Waals surface area (Å²) in [6, 6.07) is 7.60. The molecule has 1 aliphatic heterocycles. The second-order valence-electron chi connectivity index (χ2n) is 6.62. The highest BCUT2D eigenvalue weighted by Gasteiger charge is 2.21. The normalized spacial score (nSPS) is 15.9. The van der Waals surface area contributed by atoms with E-state index < -0.39 is 0 Å². The van der Waals surface area contributed by atoms with E-state index in [1.165, 1.54) is 0 Å². The van der Waals surface area contributed by atoms with Crippen molar-refractivity contribution in [2.75, 3.05) is 25.0 Å². The zero-order valence-electron chi connectivity index (χ0n) is 14.7. The Morgan fingerprint density at radius 1 is 1.36 bits per heavy atom. The summed E-state index contributed by atoms with van der Waals surface area (Å²) >= 11 is 6.21. The summed E-state index contributed by atoms with van der Waals surface area (Å²) in [7, 11) is 0. The van der Waals surface area contributed by atoms with Crippen molar-refractivity contribution in [2.24, 2.45) is 5.92 Å². The SMILES string of the molecule is Cc1nc(CN2CCC(CNc3c(Cl)cccc3C#N)CC2)oc1C. The first-order valence-corrected chi connectivity index (χ1v) is 9.02. The first-order valence-electron chi connectivity index (χ1n) is 8.64. The third-order valence-corrected chi connectivity index (χ3v) is 5.16. The van der Waals surface area contributed by atoms with Gasteiger partial charge in [-0.1, -0.05) is 17.7 Å². The minimum Gasteiger partial charge on any atom is -0.444 e. The van der Waals surface area contributed by atoms with E-state index in [0.29, 0.717) is 16.5 Å².